The van der Waals surface area contributed by atoms with E-state index in [2.05, 4.69) is 22.3 Å². The van der Waals surface area contributed by atoms with Crippen LogP contribution in [-0.2, 0) is 0 Å². The smallest absolute Gasteiger partial charge is 0.320 e. The number of rotatable bonds is 2. The fourth-order valence-electron chi connectivity index (χ4n) is 1.64. The molecule has 15 heavy (non-hydrogen) atoms. The lowest BCUT2D eigenvalue weighted by Crippen LogP contribution is -1.82. The van der Waals surface area contributed by atoms with Gasteiger partial charge in [-0.2, -0.15) is 4.98 Å². The van der Waals surface area contributed by atoms with Crippen LogP contribution in [0, 0.1) is 0 Å². The van der Waals surface area contributed by atoms with Crippen molar-refractivity contribution in [1.29, 1.82) is 0 Å². The van der Waals surface area contributed by atoms with E-state index in [1.165, 1.54) is 18.4 Å². The number of benzene rings is 1. The van der Waals surface area contributed by atoms with Gasteiger partial charge in [-0.1, -0.05) is 29.4 Å². The fraction of sp³-hybridized carbons (Fsp3) is 0.273. The van der Waals surface area contributed by atoms with Gasteiger partial charge in [0.2, 0.25) is 5.82 Å². The predicted molar refractivity (Wildman–Crippen MR) is 56.7 cm³/mol. The van der Waals surface area contributed by atoms with Crippen LogP contribution >= 0.6 is 11.6 Å². The van der Waals surface area contributed by atoms with Gasteiger partial charge in [0, 0.05) is 5.56 Å². The van der Waals surface area contributed by atoms with Gasteiger partial charge >= 0.3 is 5.35 Å². The number of aromatic nitrogens is 2. The Labute approximate surface area is 92.1 Å². The van der Waals surface area contributed by atoms with E-state index < -0.39 is 0 Å². The Kier molecular flexibility index (Phi) is 1.99. The monoisotopic (exact) mass is 220 g/mol. The summed E-state index contributed by atoms with van der Waals surface area (Å²) < 4.78 is 4.71. The SMILES string of the molecule is Clc1nc(-c2ccc(C3CC3)cc2)no1. The van der Waals surface area contributed by atoms with Crippen molar-refractivity contribution >= 4 is 11.6 Å². The van der Waals surface area contributed by atoms with Crippen molar-refractivity contribution in [3.05, 3.63) is 35.2 Å². The molecular formula is C11H9ClN2O. The molecule has 0 N–H and O–H groups in total. The van der Waals surface area contributed by atoms with Crippen molar-refractivity contribution in [1.82, 2.24) is 10.1 Å². The van der Waals surface area contributed by atoms with Crippen molar-refractivity contribution in [2.75, 3.05) is 0 Å². The average molecular weight is 221 g/mol. The largest absolute Gasteiger partial charge is 0.321 e. The van der Waals surface area contributed by atoms with Gasteiger partial charge in [0.25, 0.3) is 0 Å². The van der Waals surface area contributed by atoms with Crippen LogP contribution in [0.5, 0.6) is 0 Å². The summed E-state index contributed by atoms with van der Waals surface area (Å²) in [7, 11) is 0. The molecule has 4 heteroatoms. The number of hydrogen-bond donors (Lipinski definition) is 0. The Bertz CT molecular complexity index is 474. The maximum Gasteiger partial charge on any atom is 0.320 e. The third-order valence-electron chi connectivity index (χ3n) is 2.62. The number of hydrogen-bond acceptors (Lipinski definition) is 3. The van der Waals surface area contributed by atoms with Crippen molar-refractivity contribution in [2.24, 2.45) is 0 Å². The van der Waals surface area contributed by atoms with Crippen LogP contribution in [0.1, 0.15) is 24.3 Å². The van der Waals surface area contributed by atoms with E-state index >= 15 is 0 Å². The average Bonchev–Trinajstić information content (AvgIpc) is 3.02. The lowest BCUT2D eigenvalue weighted by molar-refractivity contribution is 0.421. The number of halogens is 1. The summed E-state index contributed by atoms with van der Waals surface area (Å²) in [6, 6.07) is 8.26. The molecule has 3 rings (SSSR count). The summed E-state index contributed by atoms with van der Waals surface area (Å²) in [6.07, 6.45) is 2.63. The minimum atomic E-state index is 0.0799. The third kappa shape index (κ3) is 1.75. The van der Waals surface area contributed by atoms with Crippen LogP contribution in [-0.4, -0.2) is 10.1 Å². The van der Waals surface area contributed by atoms with Crippen molar-refractivity contribution in [2.45, 2.75) is 18.8 Å². The zero-order chi connectivity index (χ0) is 10.3. The van der Waals surface area contributed by atoms with Crippen LogP contribution in [0.2, 0.25) is 5.35 Å². The van der Waals surface area contributed by atoms with Gasteiger partial charge in [0.15, 0.2) is 0 Å². The summed E-state index contributed by atoms with van der Waals surface area (Å²) in [4.78, 5) is 3.96. The molecule has 0 atom stereocenters. The Hall–Kier alpha value is -1.35. The van der Waals surface area contributed by atoms with Gasteiger partial charge in [0.05, 0.1) is 0 Å². The van der Waals surface area contributed by atoms with Gasteiger partial charge in [-0.05, 0) is 35.9 Å². The van der Waals surface area contributed by atoms with Gasteiger partial charge < -0.3 is 4.52 Å². The molecule has 0 radical (unpaired) electrons. The second kappa shape index (κ2) is 3.35. The van der Waals surface area contributed by atoms with E-state index in [-0.39, 0.29) is 5.35 Å². The molecule has 0 saturated heterocycles. The van der Waals surface area contributed by atoms with Gasteiger partial charge in [-0.15, -0.1) is 0 Å². The first-order valence-electron chi connectivity index (χ1n) is 4.92. The zero-order valence-electron chi connectivity index (χ0n) is 7.98. The minimum Gasteiger partial charge on any atom is -0.321 e. The van der Waals surface area contributed by atoms with Crippen LogP contribution < -0.4 is 0 Å². The van der Waals surface area contributed by atoms with Gasteiger partial charge in [-0.3, -0.25) is 0 Å². The molecule has 1 heterocycles. The Balaban J connectivity index is 1.92. The molecule has 0 spiro atoms. The Morgan fingerprint density at radius 1 is 1.20 bits per heavy atom. The standard InChI is InChI=1S/C11H9ClN2O/c12-11-13-10(14-15-11)9-5-3-8(4-6-9)7-1-2-7/h3-7H,1-2H2. The van der Waals surface area contributed by atoms with E-state index in [1.807, 2.05) is 12.1 Å². The molecule has 1 aliphatic rings. The summed E-state index contributed by atoms with van der Waals surface area (Å²) >= 11 is 5.56. The highest BCUT2D eigenvalue weighted by atomic mass is 35.5. The quantitative estimate of drug-likeness (QED) is 0.780. The topological polar surface area (TPSA) is 38.9 Å². The van der Waals surface area contributed by atoms with E-state index in [4.69, 9.17) is 16.1 Å². The van der Waals surface area contributed by atoms with Crippen molar-refractivity contribution in [3.8, 4) is 11.4 Å². The van der Waals surface area contributed by atoms with E-state index in [0.717, 1.165) is 11.5 Å². The zero-order valence-corrected chi connectivity index (χ0v) is 8.74. The molecular weight excluding hydrogens is 212 g/mol. The second-order valence-electron chi connectivity index (χ2n) is 3.77. The molecule has 76 valence electrons. The van der Waals surface area contributed by atoms with E-state index in [1.54, 1.807) is 0 Å². The lowest BCUT2D eigenvalue weighted by Gasteiger charge is -1.98. The van der Waals surface area contributed by atoms with E-state index in [0.29, 0.717) is 5.82 Å². The first-order chi connectivity index (χ1) is 7.33. The molecule has 0 unspecified atom stereocenters. The Morgan fingerprint density at radius 2 is 1.93 bits per heavy atom. The molecule has 0 amide bonds. The molecule has 3 nitrogen and oxygen atoms in total. The summed E-state index contributed by atoms with van der Waals surface area (Å²) in [5.74, 6) is 1.32. The van der Waals surface area contributed by atoms with Crippen LogP contribution in [0.25, 0.3) is 11.4 Å². The number of nitrogens with zero attached hydrogens (tertiary/aromatic N) is 2. The summed E-state index contributed by atoms with van der Waals surface area (Å²) in [5.41, 5.74) is 2.34. The van der Waals surface area contributed by atoms with Crippen molar-refractivity contribution < 1.29 is 4.52 Å². The van der Waals surface area contributed by atoms with Crippen LogP contribution in [0.3, 0.4) is 0 Å². The van der Waals surface area contributed by atoms with E-state index in [9.17, 15) is 0 Å². The van der Waals surface area contributed by atoms with Gasteiger partial charge in [-0.25, -0.2) is 0 Å². The van der Waals surface area contributed by atoms with Crippen molar-refractivity contribution in [3.63, 3.8) is 0 Å². The molecule has 0 aliphatic heterocycles. The third-order valence-corrected chi connectivity index (χ3v) is 2.77. The lowest BCUT2D eigenvalue weighted by atomic mass is 10.1. The van der Waals surface area contributed by atoms with Crippen LogP contribution in [0.15, 0.2) is 28.8 Å². The summed E-state index contributed by atoms with van der Waals surface area (Å²) in [5, 5.41) is 3.84. The first kappa shape index (κ1) is 8.92. The molecule has 2 aromatic rings. The van der Waals surface area contributed by atoms with Gasteiger partial charge in [0.1, 0.15) is 0 Å². The molecule has 1 aromatic carbocycles. The fourth-order valence-corrected chi connectivity index (χ4v) is 1.76. The molecule has 1 saturated carbocycles. The minimum absolute atomic E-state index is 0.0799. The maximum atomic E-state index is 5.56. The first-order valence-corrected chi connectivity index (χ1v) is 5.30. The molecule has 0 bridgehead atoms. The highest BCUT2D eigenvalue weighted by Gasteiger charge is 2.23. The highest BCUT2D eigenvalue weighted by Crippen LogP contribution is 2.40. The predicted octanol–water partition coefficient (Wildman–Crippen LogP) is 3.27. The Morgan fingerprint density at radius 3 is 2.47 bits per heavy atom. The maximum absolute atomic E-state index is 5.56. The van der Waals surface area contributed by atoms with Crippen LogP contribution in [0.4, 0.5) is 0 Å². The second-order valence-corrected chi connectivity index (χ2v) is 4.09. The molecule has 1 aliphatic carbocycles. The molecule has 1 fully saturated rings. The summed E-state index contributed by atoms with van der Waals surface area (Å²) in [6.45, 7) is 0. The highest BCUT2D eigenvalue weighted by molar-refractivity contribution is 6.27. The normalized spacial score (nSPS) is 15.5. The molecule has 1 aromatic heterocycles.